The maximum Gasteiger partial charge on any atom is 0.326 e. The Labute approximate surface area is 563 Å². The van der Waals surface area contributed by atoms with Crippen molar-refractivity contribution in [3.63, 3.8) is 0 Å². The number of carboxylic acids is 1. The molecule has 0 radical (unpaired) electrons. The molecule has 0 heterocycles. The minimum atomic E-state index is -1.60. The summed E-state index contributed by atoms with van der Waals surface area (Å²) in [5, 5.41) is 41.4. The topological polar surface area (TPSA) is 755 Å². The summed E-state index contributed by atoms with van der Waals surface area (Å²) >= 11 is 0. The highest BCUT2D eigenvalue weighted by atomic mass is 16.4. The van der Waals surface area contributed by atoms with Gasteiger partial charge in [0.25, 0.3) is 0 Å². The molecule has 0 saturated carbocycles. The van der Waals surface area contributed by atoms with Gasteiger partial charge in [-0.2, -0.15) is 0 Å². The average Bonchev–Trinajstić information content (AvgIpc) is 0.894. The van der Waals surface area contributed by atoms with E-state index in [2.05, 4.69) is 72.5 Å². The Morgan fingerprint density at radius 1 is 0.320 bits per heavy atom. The number of nitrogens with zero attached hydrogens (tertiary/aromatic N) is 6. The first-order chi connectivity index (χ1) is 46.0. The summed E-state index contributed by atoms with van der Waals surface area (Å²) in [5.74, 6) is -10.0. The fraction of sp³-hybridized carbons (Fsp3) is 0.632. The molecule has 40 N–H and O–H groups in total. The zero-order chi connectivity index (χ0) is 72.8. The summed E-state index contributed by atoms with van der Waals surface area (Å²) in [6.07, 6.45) is 1.53. The molecule has 40 heteroatoms. The fourth-order valence-electron chi connectivity index (χ4n) is 9.29. The van der Waals surface area contributed by atoms with E-state index in [4.69, 9.17) is 86.0 Å². The van der Waals surface area contributed by atoms with Gasteiger partial charge in [0.1, 0.15) is 54.1 Å². The SMILES string of the molecule is NCCCC[C@H](NC(=O)[C@H](N)CCCN=C(N)N)C(=O)N[C@@H](CCCCN)C(=O)N[C@@H](CCCN=C(N)N)C(=O)N[C@H](CCCN=C(N)N)C(=O)N[C@@H](Cc1ccc(O)cc1)C(=O)N[C@@H](CCCN=C(N)N)C(=O)N[C@@H](CCCN=C(N)N)C(=O)N[C@H](CCCN=C(N)N)C(=O)O. The Morgan fingerprint density at radius 2 is 0.546 bits per heavy atom. The third-order valence-electron chi connectivity index (χ3n) is 14.3. The number of nitrogens with one attached hydrogen (secondary N) is 8. The molecule has 0 unspecified atom stereocenters. The van der Waals surface area contributed by atoms with Gasteiger partial charge in [-0.1, -0.05) is 12.1 Å². The molecule has 1 aromatic carbocycles. The Kier molecular flexibility index (Phi) is 42.3. The highest BCUT2D eigenvalue weighted by Crippen LogP contribution is 2.15. The lowest BCUT2D eigenvalue weighted by atomic mass is 10.0. The zero-order valence-corrected chi connectivity index (χ0v) is 55.0. The van der Waals surface area contributed by atoms with E-state index in [1.54, 1.807) is 0 Å². The van der Waals surface area contributed by atoms with Crippen LogP contribution in [0.25, 0.3) is 0 Å². The van der Waals surface area contributed by atoms with Crippen LogP contribution in [0.3, 0.4) is 0 Å². The number of nitrogens with two attached hydrogens (primary N) is 15. The Hall–Kier alpha value is -10.2. The van der Waals surface area contributed by atoms with E-state index in [0.29, 0.717) is 37.7 Å². The number of carbonyl (C=O) groups is 9. The second kappa shape index (κ2) is 48.4. The number of aromatic hydroxyl groups is 1. The van der Waals surface area contributed by atoms with Gasteiger partial charge in [-0.3, -0.25) is 68.3 Å². The van der Waals surface area contributed by atoms with Crippen LogP contribution in [0.2, 0.25) is 0 Å². The molecule has 0 aliphatic rings. The lowest BCUT2D eigenvalue weighted by Crippen LogP contribution is -2.60. The van der Waals surface area contributed by atoms with E-state index in [1.807, 2.05) is 0 Å². The van der Waals surface area contributed by atoms with E-state index in [9.17, 15) is 53.4 Å². The quantitative estimate of drug-likeness (QED) is 0.0164. The van der Waals surface area contributed by atoms with Gasteiger partial charge in [-0.15, -0.1) is 0 Å². The molecule has 8 amide bonds. The van der Waals surface area contributed by atoms with Gasteiger partial charge in [0.05, 0.1) is 6.04 Å². The molecule has 0 saturated heterocycles. The van der Waals surface area contributed by atoms with Crippen molar-refractivity contribution in [3.8, 4) is 5.75 Å². The van der Waals surface area contributed by atoms with Crippen LogP contribution in [0.5, 0.6) is 5.75 Å². The number of rotatable bonds is 51. The molecule has 9 atom stereocenters. The van der Waals surface area contributed by atoms with Crippen molar-refractivity contribution < 1.29 is 53.4 Å². The number of aliphatic carboxylic acids is 1. The lowest BCUT2D eigenvalue weighted by molar-refractivity contribution is -0.142. The zero-order valence-electron chi connectivity index (χ0n) is 55.0. The average molecular weight is 1370 g/mol. The summed E-state index contributed by atoms with van der Waals surface area (Å²) < 4.78 is 0. The summed E-state index contributed by atoms with van der Waals surface area (Å²) in [6.45, 7) is 0.622. The first-order valence-corrected chi connectivity index (χ1v) is 31.9. The standard InChI is InChI=1S/C57H107N29O11/c58-23-3-1-12-35(79-43(88)34(60)11-5-25-73-52(61)62)44(89)80-36(13-2-4-24-59)45(90)81-37(14-6-26-74-53(63)64)46(91)83-40(17-9-29-77-56(69)70)49(94)86-42(31-32-19-21-33(87)22-20-32)50(95)84-38(15-7-27-75-54(65)66)47(92)82-39(16-8-28-76-55(67)68)48(93)85-41(51(96)97)18-10-30-78-57(71)72/h19-22,34-42,87H,1-18,23-31,58-60H2,(H,79,88)(H,80,89)(H,81,90)(H,82,92)(H,83,91)(H,84,95)(H,85,93)(H,86,94)(H,96,97)(H4,61,62,73)(H4,63,64,74)(H4,65,66,75)(H4,67,68,76)(H4,69,70,77)(H4,71,72,78)/t34-,35+,36+,37+,38+,39+,40-,41-,42+/m1/s1. The van der Waals surface area contributed by atoms with E-state index in [1.165, 1.54) is 24.3 Å². The van der Waals surface area contributed by atoms with Gasteiger partial charge in [0.15, 0.2) is 35.8 Å². The van der Waals surface area contributed by atoms with E-state index in [0.717, 1.165) is 0 Å². The normalized spacial score (nSPS) is 13.6. The molecular formula is C57H107N29O11. The third kappa shape index (κ3) is 39.3. The minimum Gasteiger partial charge on any atom is -0.508 e. The number of amides is 8. The van der Waals surface area contributed by atoms with Crippen molar-refractivity contribution in [1.29, 1.82) is 0 Å². The monoisotopic (exact) mass is 1370 g/mol. The number of hydrogen-bond acceptors (Lipinski definition) is 19. The van der Waals surface area contributed by atoms with E-state index >= 15 is 0 Å². The van der Waals surface area contributed by atoms with Crippen LogP contribution < -0.4 is 129 Å². The van der Waals surface area contributed by atoms with Crippen LogP contribution >= 0.6 is 0 Å². The predicted octanol–water partition coefficient (Wildman–Crippen LogP) is -9.20. The number of phenols is 1. The first-order valence-electron chi connectivity index (χ1n) is 31.9. The summed E-state index contributed by atoms with van der Waals surface area (Å²) in [4.78, 5) is 151. The van der Waals surface area contributed by atoms with Crippen LogP contribution in [0, 0.1) is 0 Å². The molecule has 0 aliphatic heterocycles. The molecule has 1 aromatic rings. The van der Waals surface area contributed by atoms with E-state index in [-0.39, 0.29) is 184 Å². The minimum absolute atomic E-state index is 0.0104. The van der Waals surface area contributed by atoms with Crippen molar-refractivity contribution in [1.82, 2.24) is 42.5 Å². The number of hydrogen-bond donors (Lipinski definition) is 25. The van der Waals surface area contributed by atoms with Crippen molar-refractivity contribution in [3.05, 3.63) is 29.8 Å². The van der Waals surface area contributed by atoms with Crippen molar-refractivity contribution in [2.75, 3.05) is 52.4 Å². The Morgan fingerprint density at radius 3 is 0.814 bits per heavy atom. The molecular weight excluding hydrogens is 1270 g/mol. The molecule has 0 aliphatic carbocycles. The number of guanidine groups is 6. The maximum atomic E-state index is 14.9. The van der Waals surface area contributed by atoms with Crippen LogP contribution in [-0.2, 0) is 49.6 Å². The van der Waals surface area contributed by atoms with Gasteiger partial charge in [-0.05, 0) is 146 Å². The van der Waals surface area contributed by atoms with Gasteiger partial charge in [0, 0.05) is 45.7 Å². The second-order valence-electron chi connectivity index (χ2n) is 22.6. The second-order valence-corrected chi connectivity index (χ2v) is 22.6. The molecule has 0 fully saturated rings. The predicted molar refractivity (Wildman–Crippen MR) is 368 cm³/mol. The van der Waals surface area contributed by atoms with Crippen molar-refractivity contribution in [2.24, 2.45) is 116 Å². The number of aliphatic imine (C=N–C) groups is 6. The Balaban J connectivity index is 3.95. The largest absolute Gasteiger partial charge is 0.508 e. The Bertz CT molecular complexity index is 2800. The number of carboxylic acid groups (broad SMARTS) is 1. The first kappa shape index (κ1) is 84.8. The summed E-state index contributed by atoms with van der Waals surface area (Å²) in [6, 6.07) is -7.06. The van der Waals surface area contributed by atoms with Gasteiger partial charge in [0.2, 0.25) is 47.3 Å². The van der Waals surface area contributed by atoms with Gasteiger partial charge < -0.3 is 139 Å². The molecule has 0 spiro atoms. The van der Waals surface area contributed by atoms with Crippen LogP contribution in [-0.4, -0.2) is 206 Å². The summed E-state index contributed by atoms with van der Waals surface area (Å²) in [5.41, 5.74) is 84.4. The van der Waals surface area contributed by atoms with Crippen LogP contribution in [0.4, 0.5) is 0 Å². The molecule has 0 aromatic heterocycles. The highest BCUT2D eigenvalue weighted by molar-refractivity contribution is 5.98. The molecule has 40 nitrogen and oxygen atoms in total. The third-order valence-corrected chi connectivity index (χ3v) is 14.3. The molecule has 0 bridgehead atoms. The highest BCUT2D eigenvalue weighted by Gasteiger charge is 2.35. The van der Waals surface area contributed by atoms with Crippen LogP contribution in [0.15, 0.2) is 54.2 Å². The smallest absolute Gasteiger partial charge is 0.326 e. The van der Waals surface area contributed by atoms with Crippen molar-refractivity contribution in [2.45, 2.75) is 176 Å². The van der Waals surface area contributed by atoms with Crippen molar-refractivity contribution >= 4 is 89.0 Å². The molecule has 546 valence electrons. The molecule has 1 rings (SSSR count). The summed E-state index contributed by atoms with van der Waals surface area (Å²) in [7, 11) is 0. The fourth-order valence-corrected chi connectivity index (χ4v) is 9.29. The van der Waals surface area contributed by atoms with Gasteiger partial charge in [-0.25, -0.2) is 4.79 Å². The number of phenolic OH excluding ortho intramolecular Hbond substituents is 1. The van der Waals surface area contributed by atoms with E-state index < -0.39 is 108 Å². The van der Waals surface area contributed by atoms with Gasteiger partial charge >= 0.3 is 5.97 Å². The number of carbonyl (C=O) groups excluding carboxylic acids is 8. The van der Waals surface area contributed by atoms with Crippen LogP contribution in [0.1, 0.15) is 121 Å². The number of benzene rings is 1. The molecule has 97 heavy (non-hydrogen) atoms. The number of unbranched alkanes of at least 4 members (excludes halogenated alkanes) is 2. The maximum absolute atomic E-state index is 14.9. The lowest BCUT2D eigenvalue weighted by Gasteiger charge is -2.28.